The molecule has 2 rings (SSSR count). The summed E-state index contributed by atoms with van der Waals surface area (Å²) in [5.74, 6) is -0.838. The number of hydrogen-bond acceptors (Lipinski definition) is 4. The molecule has 0 aromatic carbocycles. The predicted octanol–water partition coefficient (Wildman–Crippen LogP) is 1.63. The smallest absolute Gasteiger partial charge is 0.345 e. The fourth-order valence-corrected chi connectivity index (χ4v) is 2.57. The van der Waals surface area contributed by atoms with Crippen molar-refractivity contribution in [3.63, 3.8) is 0 Å². The highest BCUT2D eigenvalue weighted by Crippen LogP contribution is 2.24. The summed E-state index contributed by atoms with van der Waals surface area (Å²) in [4.78, 5) is 14.6. The van der Waals surface area contributed by atoms with E-state index in [1.165, 1.54) is 24.2 Å². The van der Waals surface area contributed by atoms with Crippen molar-refractivity contribution in [3.05, 3.63) is 21.9 Å². The van der Waals surface area contributed by atoms with Gasteiger partial charge in [-0.05, 0) is 32.0 Å². The van der Waals surface area contributed by atoms with Gasteiger partial charge >= 0.3 is 5.97 Å². The van der Waals surface area contributed by atoms with Crippen LogP contribution in [0.2, 0.25) is 0 Å². The van der Waals surface area contributed by atoms with Crippen LogP contribution in [0.3, 0.4) is 0 Å². The van der Waals surface area contributed by atoms with Gasteiger partial charge in [0.05, 0.1) is 0 Å². The van der Waals surface area contributed by atoms with E-state index in [1.54, 1.807) is 6.07 Å². The Morgan fingerprint density at radius 3 is 2.94 bits per heavy atom. The van der Waals surface area contributed by atoms with Gasteiger partial charge < -0.3 is 15.3 Å². The van der Waals surface area contributed by atoms with Crippen LogP contribution in [-0.4, -0.2) is 42.2 Å². The molecule has 0 aliphatic heterocycles. The van der Waals surface area contributed by atoms with E-state index in [4.69, 9.17) is 5.11 Å². The molecule has 0 spiro atoms. The van der Waals surface area contributed by atoms with Crippen LogP contribution in [0.4, 0.5) is 0 Å². The van der Waals surface area contributed by atoms with Crippen LogP contribution in [0, 0.1) is 0 Å². The van der Waals surface area contributed by atoms with E-state index in [1.807, 2.05) is 6.07 Å². The molecule has 0 unspecified atom stereocenters. The second-order valence-electron chi connectivity index (χ2n) is 4.46. The average Bonchev–Trinajstić information content (AvgIpc) is 3.03. The molecule has 0 radical (unpaired) electrons. The minimum absolute atomic E-state index is 0.414. The van der Waals surface area contributed by atoms with Gasteiger partial charge in [-0.3, -0.25) is 0 Å². The van der Waals surface area contributed by atoms with E-state index in [-0.39, 0.29) is 0 Å². The van der Waals surface area contributed by atoms with Crippen LogP contribution in [0.25, 0.3) is 0 Å². The number of likely N-dealkylation sites (N-methyl/N-ethyl adjacent to an activating group) is 1. The first-order valence-corrected chi connectivity index (χ1v) is 6.71. The number of aromatic carboxylic acids is 1. The maximum atomic E-state index is 10.7. The van der Waals surface area contributed by atoms with Crippen molar-refractivity contribution < 1.29 is 9.90 Å². The number of hydrogen-bond donors (Lipinski definition) is 2. The predicted molar refractivity (Wildman–Crippen MR) is 68.6 cm³/mol. The number of thiophene rings is 1. The fourth-order valence-electron chi connectivity index (χ4n) is 1.75. The molecule has 1 heterocycles. The molecular formula is C12H18N2O2S. The Labute approximate surface area is 105 Å². The first-order chi connectivity index (χ1) is 8.16. The molecule has 1 fully saturated rings. The van der Waals surface area contributed by atoms with Crippen molar-refractivity contribution in [2.75, 3.05) is 20.1 Å². The zero-order valence-corrected chi connectivity index (χ0v) is 10.8. The quantitative estimate of drug-likeness (QED) is 0.726. The zero-order valence-electron chi connectivity index (χ0n) is 9.98. The number of nitrogens with one attached hydrogen (secondary N) is 1. The monoisotopic (exact) mass is 254 g/mol. The molecule has 0 bridgehead atoms. The summed E-state index contributed by atoms with van der Waals surface area (Å²) < 4.78 is 0. The Morgan fingerprint density at radius 2 is 2.35 bits per heavy atom. The standard InChI is InChI=1S/C12H18N2O2S/c1-14(9-2-3-9)7-6-13-8-10-4-5-11(17-10)12(15)16/h4-5,9,13H,2-3,6-8H2,1H3,(H,15,16). The summed E-state index contributed by atoms with van der Waals surface area (Å²) in [5.41, 5.74) is 0. The third kappa shape index (κ3) is 3.80. The lowest BCUT2D eigenvalue weighted by molar-refractivity contribution is 0.0702. The minimum Gasteiger partial charge on any atom is -0.477 e. The summed E-state index contributed by atoms with van der Waals surface area (Å²) in [5, 5.41) is 12.1. The molecular weight excluding hydrogens is 236 g/mol. The molecule has 1 aliphatic carbocycles. The molecule has 0 saturated heterocycles. The normalized spacial score (nSPS) is 15.4. The molecule has 1 aromatic rings. The van der Waals surface area contributed by atoms with Gasteiger partial charge in [0.25, 0.3) is 0 Å². The average molecular weight is 254 g/mol. The van der Waals surface area contributed by atoms with E-state index in [0.717, 1.165) is 30.6 Å². The van der Waals surface area contributed by atoms with Gasteiger partial charge in [-0.2, -0.15) is 0 Å². The molecule has 94 valence electrons. The SMILES string of the molecule is CN(CCNCc1ccc(C(=O)O)s1)C1CC1. The van der Waals surface area contributed by atoms with E-state index in [0.29, 0.717) is 4.88 Å². The first-order valence-electron chi connectivity index (χ1n) is 5.90. The lowest BCUT2D eigenvalue weighted by atomic mass is 10.4. The van der Waals surface area contributed by atoms with Gasteiger partial charge in [-0.1, -0.05) is 0 Å². The molecule has 2 N–H and O–H groups in total. The van der Waals surface area contributed by atoms with Gasteiger partial charge in [0, 0.05) is 30.6 Å². The van der Waals surface area contributed by atoms with Crippen LogP contribution < -0.4 is 5.32 Å². The van der Waals surface area contributed by atoms with E-state index in [2.05, 4.69) is 17.3 Å². The molecule has 5 heteroatoms. The van der Waals surface area contributed by atoms with Crippen molar-refractivity contribution in [1.29, 1.82) is 0 Å². The van der Waals surface area contributed by atoms with E-state index >= 15 is 0 Å². The summed E-state index contributed by atoms with van der Waals surface area (Å²) in [6.45, 7) is 2.77. The number of carbonyl (C=O) groups is 1. The summed E-state index contributed by atoms with van der Waals surface area (Å²) in [6, 6.07) is 4.35. The molecule has 4 nitrogen and oxygen atoms in total. The summed E-state index contributed by atoms with van der Waals surface area (Å²) >= 11 is 1.34. The first kappa shape index (κ1) is 12.5. The highest BCUT2D eigenvalue weighted by molar-refractivity contribution is 7.13. The van der Waals surface area contributed by atoms with Crippen molar-refractivity contribution in [2.24, 2.45) is 0 Å². The van der Waals surface area contributed by atoms with Gasteiger partial charge in [0.2, 0.25) is 0 Å². The molecule has 1 aliphatic rings. The van der Waals surface area contributed by atoms with Crippen LogP contribution in [0.5, 0.6) is 0 Å². The number of carboxylic acid groups (broad SMARTS) is 1. The lowest BCUT2D eigenvalue weighted by Gasteiger charge is -2.15. The Hall–Kier alpha value is -0.910. The van der Waals surface area contributed by atoms with E-state index < -0.39 is 5.97 Å². The van der Waals surface area contributed by atoms with Gasteiger partial charge in [0.1, 0.15) is 4.88 Å². The molecule has 1 aromatic heterocycles. The minimum atomic E-state index is -0.838. The topological polar surface area (TPSA) is 52.6 Å². The largest absolute Gasteiger partial charge is 0.477 e. The van der Waals surface area contributed by atoms with Crippen LogP contribution in [-0.2, 0) is 6.54 Å². The van der Waals surface area contributed by atoms with Crippen LogP contribution >= 0.6 is 11.3 Å². The second kappa shape index (κ2) is 5.62. The van der Waals surface area contributed by atoms with Crippen molar-refractivity contribution >= 4 is 17.3 Å². The van der Waals surface area contributed by atoms with Crippen molar-refractivity contribution in [2.45, 2.75) is 25.4 Å². The Bertz CT molecular complexity index is 388. The van der Waals surface area contributed by atoms with Crippen molar-refractivity contribution in [3.8, 4) is 0 Å². The molecule has 0 amide bonds. The van der Waals surface area contributed by atoms with Gasteiger partial charge in [-0.15, -0.1) is 11.3 Å². The third-order valence-electron chi connectivity index (χ3n) is 2.98. The molecule has 1 saturated carbocycles. The zero-order chi connectivity index (χ0) is 12.3. The number of nitrogens with zero attached hydrogens (tertiary/aromatic N) is 1. The Morgan fingerprint density at radius 1 is 1.59 bits per heavy atom. The lowest BCUT2D eigenvalue weighted by Crippen LogP contribution is -2.30. The Balaban J connectivity index is 1.65. The third-order valence-corrected chi connectivity index (χ3v) is 4.06. The van der Waals surface area contributed by atoms with Crippen molar-refractivity contribution in [1.82, 2.24) is 10.2 Å². The van der Waals surface area contributed by atoms with E-state index in [9.17, 15) is 4.79 Å². The summed E-state index contributed by atoms with van der Waals surface area (Å²) in [6.07, 6.45) is 2.67. The second-order valence-corrected chi connectivity index (χ2v) is 5.63. The fraction of sp³-hybridized carbons (Fsp3) is 0.583. The molecule has 0 atom stereocenters. The van der Waals surface area contributed by atoms with Crippen LogP contribution in [0.1, 0.15) is 27.4 Å². The number of carboxylic acids is 1. The Kier molecular flexibility index (Phi) is 4.15. The van der Waals surface area contributed by atoms with Crippen LogP contribution in [0.15, 0.2) is 12.1 Å². The maximum Gasteiger partial charge on any atom is 0.345 e. The molecule has 17 heavy (non-hydrogen) atoms. The van der Waals surface area contributed by atoms with Gasteiger partial charge in [-0.25, -0.2) is 4.79 Å². The highest BCUT2D eigenvalue weighted by atomic mass is 32.1. The van der Waals surface area contributed by atoms with Gasteiger partial charge in [0.15, 0.2) is 0 Å². The summed E-state index contributed by atoms with van der Waals surface area (Å²) in [7, 11) is 2.16. The maximum absolute atomic E-state index is 10.7. The highest BCUT2D eigenvalue weighted by Gasteiger charge is 2.25. The number of rotatable bonds is 7.